The van der Waals surface area contributed by atoms with Gasteiger partial charge in [0.05, 0.1) is 13.0 Å². The van der Waals surface area contributed by atoms with Crippen molar-refractivity contribution in [3.05, 3.63) is 29.8 Å². The molecule has 5 heteroatoms. The average Bonchev–Trinajstić information content (AvgIpc) is 3.15. The number of benzene rings is 1. The second-order valence-electron chi connectivity index (χ2n) is 9.97. The van der Waals surface area contributed by atoms with Gasteiger partial charge in [0, 0.05) is 37.9 Å². The second-order valence-corrected chi connectivity index (χ2v) is 9.97. The first-order valence-corrected chi connectivity index (χ1v) is 12.8. The fourth-order valence-corrected chi connectivity index (χ4v) is 6.40. The molecule has 0 N–H and O–H groups in total. The topological polar surface area (TPSA) is 37.3 Å². The van der Waals surface area contributed by atoms with E-state index in [1.165, 1.54) is 83.2 Å². The Morgan fingerprint density at radius 1 is 1.06 bits per heavy atom. The number of rotatable bonds is 8. The largest absolute Gasteiger partial charge is 0.479 e. The van der Waals surface area contributed by atoms with Gasteiger partial charge in [-0.1, -0.05) is 29.8 Å². The quantitative estimate of drug-likeness (QED) is 0.558. The molecular formula is C26H39N3O2. The van der Waals surface area contributed by atoms with Gasteiger partial charge >= 0.3 is 0 Å². The van der Waals surface area contributed by atoms with Gasteiger partial charge in [-0.25, -0.2) is 0 Å². The predicted octanol–water partition coefficient (Wildman–Crippen LogP) is 4.85. The van der Waals surface area contributed by atoms with Crippen LogP contribution in [-0.2, 0) is 16.0 Å². The SMILES string of the molecule is c1ccc2c(c1)CCCN2CCCN1CC2CCCC1CC2CCCOC1=NOCC1. The van der Waals surface area contributed by atoms with Crippen molar-refractivity contribution in [3.63, 3.8) is 0 Å². The lowest BCUT2D eigenvalue weighted by molar-refractivity contribution is 0.0706. The Labute approximate surface area is 187 Å². The van der Waals surface area contributed by atoms with E-state index in [0.29, 0.717) is 6.61 Å². The summed E-state index contributed by atoms with van der Waals surface area (Å²) in [5, 5.41) is 3.94. The number of para-hydroxylation sites is 1. The van der Waals surface area contributed by atoms with E-state index in [0.717, 1.165) is 43.2 Å². The molecule has 1 aromatic carbocycles. The van der Waals surface area contributed by atoms with Gasteiger partial charge in [0.1, 0.15) is 6.61 Å². The number of hydrogen-bond acceptors (Lipinski definition) is 5. The number of aryl methyl sites for hydroxylation is 1. The summed E-state index contributed by atoms with van der Waals surface area (Å²) >= 11 is 0. The van der Waals surface area contributed by atoms with Crippen LogP contribution in [0.5, 0.6) is 0 Å². The highest BCUT2D eigenvalue weighted by molar-refractivity contribution is 5.76. The lowest BCUT2D eigenvalue weighted by Crippen LogP contribution is -2.46. The van der Waals surface area contributed by atoms with Crippen molar-refractivity contribution in [1.82, 2.24) is 4.90 Å². The van der Waals surface area contributed by atoms with Crippen molar-refractivity contribution in [1.29, 1.82) is 0 Å². The van der Waals surface area contributed by atoms with Gasteiger partial charge in [0.2, 0.25) is 5.90 Å². The molecule has 2 saturated heterocycles. The molecule has 4 aliphatic heterocycles. The van der Waals surface area contributed by atoms with E-state index in [2.05, 4.69) is 39.2 Å². The van der Waals surface area contributed by atoms with Crippen molar-refractivity contribution in [3.8, 4) is 0 Å². The minimum Gasteiger partial charge on any atom is -0.479 e. The lowest BCUT2D eigenvalue weighted by atomic mass is 9.80. The first-order chi connectivity index (χ1) is 15.4. The Kier molecular flexibility index (Phi) is 6.98. The average molecular weight is 426 g/mol. The molecule has 3 fully saturated rings. The zero-order valence-corrected chi connectivity index (χ0v) is 19.0. The molecule has 5 nitrogen and oxygen atoms in total. The first kappa shape index (κ1) is 21.1. The molecule has 4 heterocycles. The van der Waals surface area contributed by atoms with Crippen LogP contribution in [0.2, 0.25) is 0 Å². The first-order valence-electron chi connectivity index (χ1n) is 12.8. The van der Waals surface area contributed by atoms with Crippen molar-refractivity contribution in [2.75, 3.05) is 44.3 Å². The molecule has 2 bridgehead atoms. The van der Waals surface area contributed by atoms with Crippen LogP contribution in [0.1, 0.15) is 63.4 Å². The van der Waals surface area contributed by atoms with Crippen LogP contribution in [-0.4, -0.2) is 56.2 Å². The molecule has 170 valence electrons. The van der Waals surface area contributed by atoms with Crippen LogP contribution in [0, 0.1) is 11.8 Å². The maximum absolute atomic E-state index is 5.77. The van der Waals surface area contributed by atoms with Gasteiger partial charge in [-0.3, -0.25) is 0 Å². The molecule has 3 unspecified atom stereocenters. The summed E-state index contributed by atoms with van der Waals surface area (Å²) in [6.07, 6.45) is 12.8. The molecular weight excluding hydrogens is 386 g/mol. The van der Waals surface area contributed by atoms with Gasteiger partial charge in [-0.2, -0.15) is 0 Å². The maximum atomic E-state index is 5.77. The minimum atomic E-state index is 0.682. The van der Waals surface area contributed by atoms with Crippen molar-refractivity contribution < 1.29 is 9.57 Å². The summed E-state index contributed by atoms with van der Waals surface area (Å²) in [5.74, 6) is 2.58. The van der Waals surface area contributed by atoms with Crippen LogP contribution < -0.4 is 4.90 Å². The maximum Gasteiger partial charge on any atom is 0.229 e. The molecule has 1 aromatic rings. The third-order valence-corrected chi connectivity index (χ3v) is 7.98. The third-order valence-electron chi connectivity index (χ3n) is 7.98. The van der Waals surface area contributed by atoms with E-state index in [4.69, 9.17) is 9.57 Å². The summed E-state index contributed by atoms with van der Waals surface area (Å²) in [7, 11) is 0. The van der Waals surface area contributed by atoms with Crippen LogP contribution in [0.15, 0.2) is 29.4 Å². The zero-order valence-electron chi connectivity index (χ0n) is 19.0. The van der Waals surface area contributed by atoms with E-state index < -0.39 is 0 Å². The Bertz CT molecular complexity index is 752. The van der Waals surface area contributed by atoms with E-state index in [9.17, 15) is 0 Å². The summed E-state index contributed by atoms with van der Waals surface area (Å²) in [6.45, 7) is 6.52. The van der Waals surface area contributed by atoms with Crippen molar-refractivity contribution in [2.45, 2.75) is 70.3 Å². The smallest absolute Gasteiger partial charge is 0.229 e. The number of hydrogen-bond donors (Lipinski definition) is 0. The highest BCUT2D eigenvalue weighted by atomic mass is 16.7. The van der Waals surface area contributed by atoms with E-state index in [1.807, 2.05) is 0 Å². The highest BCUT2D eigenvalue weighted by Crippen LogP contribution is 2.40. The molecule has 3 atom stereocenters. The summed E-state index contributed by atoms with van der Waals surface area (Å²) < 4.78 is 5.77. The fraction of sp³-hybridized carbons (Fsp3) is 0.731. The second kappa shape index (κ2) is 10.2. The fourth-order valence-electron chi connectivity index (χ4n) is 6.40. The van der Waals surface area contributed by atoms with Gasteiger partial charge in [-0.15, -0.1) is 0 Å². The number of oxime groups is 1. The summed E-state index contributed by atoms with van der Waals surface area (Å²) in [4.78, 5) is 10.5. The Balaban J connectivity index is 1.07. The number of anilines is 1. The van der Waals surface area contributed by atoms with E-state index in [1.54, 1.807) is 5.56 Å². The molecule has 6 rings (SSSR count). The molecule has 31 heavy (non-hydrogen) atoms. The Hall–Kier alpha value is -1.75. The summed E-state index contributed by atoms with van der Waals surface area (Å²) in [5.41, 5.74) is 3.03. The molecule has 5 aliphatic rings. The molecule has 0 spiro atoms. The number of fused-ring (bicyclic) bond motifs is 5. The standard InChI is InChI=1S/C26H39N3O2/c1-2-12-25-21(7-1)9-4-14-28(25)15-6-16-29-20-23-8-3-11-24(29)19-22(23)10-5-17-30-26-13-18-31-27-26/h1-2,7,12,22-24H,3-6,8-11,13-20H2. The normalized spacial score (nSPS) is 28.1. The van der Waals surface area contributed by atoms with Gasteiger partial charge in [-0.05, 0) is 74.8 Å². The van der Waals surface area contributed by atoms with Crippen molar-refractivity contribution >= 4 is 11.6 Å². The monoisotopic (exact) mass is 425 g/mol. The predicted molar refractivity (Wildman–Crippen MR) is 126 cm³/mol. The van der Waals surface area contributed by atoms with Crippen LogP contribution >= 0.6 is 0 Å². The lowest BCUT2D eigenvalue weighted by Gasteiger charge is -2.42. The third kappa shape index (κ3) is 5.19. The molecule has 0 aromatic heterocycles. The molecule has 1 aliphatic carbocycles. The minimum absolute atomic E-state index is 0.682. The van der Waals surface area contributed by atoms with E-state index >= 15 is 0 Å². The number of piperidine rings is 1. The molecule has 0 radical (unpaired) electrons. The number of ether oxygens (including phenoxy) is 1. The molecule has 1 saturated carbocycles. The number of nitrogens with zero attached hydrogens (tertiary/aromatic N) is 3. The van der Waals surface area contributed by atoms with Crippen LogP contribution in [0.3, 0.4) is 0 Å². The highest BCUT2D eigenvalue weighted by Gasteiger charge is 2.37. The van der Waals surface area contributed by atoms with Gasteiger partial charge < -0.3 is 19.4 Å². The van der Waals surface area contributed by atoms with Crippen LogP contribution in [0.4, 0.5) is 5.69 Å². The molecule has 0 amide bonds. The van der Waals surface area contributed by atoms with Gasteiger partial charge in [0.25, 0.3) is 0 Å². The summed E-state index contributed by atoms with van der Waals surface area (Å²) in [6, 6.07) is 9.84. The Morgan fingerprint density at radius 2 is 2.03 bits per heavy atom. The Morgan fingerprint density at radius 3 is 2.97 bits per heavy atom. The van der Waals surface area contributed by atoms with Crippen LogP contribution in [0.25, 0.3) is 0 Å². The van der Waals surface area contributed by atoms with E-state index in [-0.39, 0.29) is 0 Å². The zero-order chi connectivity index (χ0) is 20.9. The van der Waals surface area contributed by atoms with Crippen molar-refractivity contribution in [2.24, 2.45) is 17.0 Å². The van der Waals surface area contributed by atoms with Gasteiger partial charge in [0.15, 0.2) is 0 Å².